The van der Waals surface area contributed by atoms with Crippen LogP contribution in [0, 0.1) is 11.7 Å². The summed E-state index contributed by atoms with van der Waals surface area (Å²) in [6.45, 7) is 6.60. The molecular weight excluding hydrogens is 391 g/mol. The molecular formula is C22H33FN2O5. The number of rotatable bonds is 6. The van der Waals surface area contributed by atoms with Gasteiger partial charge in [-0.25, -0.2) is 14.0 Å². The molecule has 1 aromatic rings. The Hall–Kier alpha value is -2.35. The minimum atomic E-state index is -1.35. The van der Waals surface area contributed by atoms with Crippen LogP contribution in [0.15, 0.2) is 24.3 Å². The van der Waals surface area contributed by atoms with Crippen LogP contribution in [0.1, 0.15) is 52.0 Å². The van der Waals surface area contributed by atoms with Crippen LogP contribution in [0.3, 0.4) is 0 Å². The Kier molecular flexibility index (Phi) is 8.06. The fourth-order valence-corrected chi connectivity index (χ4v) is 3.82. The predicted octanol–water partition coefficient (Wildman–Crippen LogP) is 3.80. The second kappa shape index (κ2) is 10.1. The van der Waals surface area contributed by atoms with E-state index in [1.165, 1.54) is 19.2 Å². The number of aliphatic hydroxyl groups is 1. The lowest BCUT2D eigenvalue weighted by molar-refractivity contribution is -0.0634. The Morgan fingerprint density at radius 1 is 1.33 bits per heavy atom. The van der Waals surface area contributed by atoms with Crippen molar-refractivity contribution in [3.8, 4) is 0 Å². The van der Waals surface area contributed by atoms with Crippen LogP contribution in [0.5, 0.6) is 0 Å². The lowest BCUT2D eigenvalue weighted by atomic mass is 9.74. The van der Waals surface area contributed by atoms with Crippen LogP contribution in [0.2, 0.25) is 0 Å². The lowest BCUT2D eigenvalue weighted by Crippen LogP contribution is -2.49. The van der Waals surface area contributed by atoms with Gasteiger partial charge >= 0.3 is 12.2 Å². The van der Waals surface area contributed by atoms with E-state index in [2.05, 4.69) is 10.1 Å². The first-order chi connectivity index (χ1) is 14.0. The number of methoxy groups -OCH3 is 1. The average molecular weight is 425 g/mol. The number of halogens is 1. The summed E-state index contributed by atoms with van der Waals surface area (Å²) in [5.41, 5.74) is -1.49. The van der Waals surface area contributed by atoms with E-state index in [1.807, 2.05) is 20.8 Å². The van der Waals surface area contributed by atoms with Crippen molar-refractivity contribution in [3.63, 3.8) is 0 Å². The summed E-state index contributed by atoms with van der Waals surface area (Å²) >= 11 is 0. The molecule has 1 heterocycles. The van der Waals surface area contributed by atoms with Gasteiger partial charge < -0.3 is 24.8 Å². The molecule has 1 aliphatic rings. The number of carbonyl (C=O) groups excluding carboxylic acids is 2. The predicted molar refractivity (Wildman–Crippen MR) is 110 cm³/mol. The monoisotopic (exact) mass is 424 g/mol. The van der Waals surface area contributed by atoms with E-state index in [-0.39, 0.29) is 5.92 Å². The third-order valence-electron chi connectivity index (χ3n) is 5.26. The molecule has 0 aromatic heterocycles. The number of ether oxygens (including phenoxy) is 2. The molecule has 30 heavy (non-hydrogen) atoms. The molecule has 1 aromatic carbocycles. The maximum Gasteiger partial charge on any atom is 0.410 e. The van der Waals surface area contributed by atoms with Crippen molar-refractivity contribution in [2.45, 2.75) is 57.7 Å². The zero-order valence-electron chi connectivity index (χ0n) is 18.2. The Morgan fingerprint density at radius 3 is 2.70 bits per heavy atom. The molecule has 7 nitrogen and oxygen atoms in total. The van der Waals surface area contributed by atoms with E-state index in [0.717, 1.165) is 0 Å². The number of carbonyl (C=O) groups is 2. The quantitative estimate of drug-likeness (QED) is 0.679. The molecule has 0 bridgehead atoms. The second-order valence-electron chi connectivity index (χ2n) is 8.72. The maximum absolute atomic E-state index is 13.9. The highest BCUT2D eigenvalue weighted by Gasteiger charge is 2.42. The average Bonchev–Trinajstić information content (AvgIpc) is 2.69. The number of alkyl carbamates (subject to hydrolysis) is 1. The molecule has 2 amide bonds. The SMILES string of the molecule is COC(=O)NCCC[C@@](O)(c1cccc(F)c1)C1CCCN(C(=O)OC(C)(C)C)C1. The van der Waals surface area contributed by atoms with Crippen molar-refractivity contribution in [1.29, 1.82) is 0 Å². The largest absolute Gasteiger partial charge is 0.453 e. The van der Waals surface area contributed by atoms with Crippen molar-refractivity contribution in [3.05, 3.63) is 35.6 Å². The van der Waals surface area contributed by atoms with Gasteiger partial charge in [0.2, 0.25) is 0 Å². The van der Waals surface area contributed by atoms with Crippen LogP contribution in [-0.2, 0) is 15.1 Å². The number of benzene rings is 1. The van der Waals surface area contributed by atoms with E-state index in [1.54, 1.807) is 17.0 Å². The number of piperidine rings is 1. The Labute approximate surface area is 177 Å². The normalized spacial score (nSPS) is 19.0. The first kappa shape index (κ1) is 23.9. The van der Waals surface area contributed by atoms with Gasteiger partial charge in [0, 0.05) is 25.6 Å². The third-order valence-corrected chi connectivity index (χ3v) is 5.26. The first-order valence-corrected chi connectivity index (χ1v) is 10.3. The van der Waals surface area contributed by atoms with Crippen LogP contribution >= 0.6 is 0 Å². The molecule has 1 saturated heterocycles. The molecule has 2 rings (SSSR count). The third kappa shape index (κ3) is 6.58. The highest BCUT2D eigenvalue weighted by Crippen LogP contribution is 2.39. The smallest absolute Gasteiger partial charge is 0.410 e. The molecule has 0 spiro atoms. The Morgan fingerprint density at radius 2 is 2.07 bits per heavy atom. The minimum absolute atomic E-state index is 0.293. The molecule has 1 aliphatic heterocycles. The summed E-state index contributed by atoms with van der Waals surface area (Å²) in [5, 5.41) is 14.3. The zero-order chi connectivity index (χ0) is 22.4. The summed E-state index contributed by atoms with van der Waals surface area (Å²) in [7, 11) is 1.28. The molecule has 0 aliphatic carbocycles. The van der Waals surface area contributed by atoms with Gasteiger partial charge in [0.25, 0.3) is 0 Å². The summed E-state index contributed by atoms with van der Waals surface area (Å²) in [4.78, 5) is 25.4. The fourth-order valence-electron chi connectivity index (χ4n) is 3.82. The number of nitrogens with one attached hydrogen (secondary N) is 1. The summed E-state index contributed by atoms with van der Waals surface area (Å²) in [6, 6.07) is 5.93. The van der Waals surface area contributed by atoms with Gasteiger partial charge in [0.1, 0.15) is 11.4 Å². The highest BCUT2D eigenvalue weighted by atomic mass is 19.1. The van der Waals surface area contributed by atoms with Gasteiger partial charge in [-0.3, -0.25) is 0 Å². The van der Waals surface area contributed by atoms with Gasteiger partial charge in [0.15, 0.2) is 0 Å². The topological polar surface area (TPSA) is 88.1 Å². The molecule has 2 N–H and O–H groups in total. The van der Waals surface area contributed by atoms with Crippen LogP contribution in [0.4, 0.5) is 14.0 Å². The number of nitrogens with zero attached hydrogens (tertiary/aromatic N) is 1. The molecule has 1 unspecified atom stereocenters. The molecule has 168 valence electrons. The fraction of sp³-hybridized carbons (Fsp3) is 0.636. The summed E-state index contributed by atoms with van der Waals surface area (Å²) < 4.78 is 24.0. The van der Waals surface area contributed by atoms with Gasteiger partial charge in [-0.1, -0.05) is 12.1 Å². The standard InChI is InChI=1S/C22H33FN2O5/c1-21(2,3)30-20(27)25-13-6-9-17(15-25)22(28,11-7-12-24-19(26)29-4)16-8-5-10-18(23)14-16/h5,8,10,14,17,28H,6-7,9,11-13,15H2,1-4H3,(H,24,26)/t17?,22-/m1/s1. The first-order valence-electron chi connectivity index (χ1n) is 10.3. The summed E-state index contributed by atoms with van der Waals surface area (Å²) in [5.74, 6) is -0.725. The van der Waals surface area contributed by atoms with E-state index in [4.69, 9.17) is 4.74 Å². The van der Waals surface area contributed by atoms with Gasteiger partial charge in [-0.15, -0.1) is 0 Å². The van der Waals surface area contributed by atoms with Crippen molar-refractivity contribution < 1.29 is 28.6 Å². The van der Waals surface area contributed by atoms with Crippen molar-refractivity contribution >= 4 is 12.2 Å². The minimum Gasteiger partial charge on any atom is -0.453 e. The van der Waals surface area contributed by atoms with Crippen LogP contribution in [-0.4, -0.2) is 54.5 Å². The maximum atomic E-state index is 13.9. The van der Waals surface area contributed by atoms with Crippen molar-refractivity contribution in [2.24, 2.45) is 5.92 Å². The Bertz CT molecular complexity index is 736. The number of hydrogen-bond donors (Lipinski definition) is 2. The zero-order valence-corrected chi connectivity index (χ0v) is 18.2. The van der Waals surface area contributed by atoms with E-state index in [0.29, 0.717) is 50.9 Å². The van der Waals surface area contributed by atoms with Crippen molar-refractivity contribution in [2.75, 3.05) is 26.7 Å². The van der Waals surface area contributed by atoms with Gasteiger partial charge in [-0.2, -0.15) is 0 Å². The molecule has 0 saturated carbocycles. The number of likely N-dealkylation sites (tertiary alicyclic amines) is 1. The summed E-state index contributed by atoms with van der Waals surface area (Å²) in [6.07, 6.45) is 1.20. The van der Waals surface area contributed by atoms with E-state index in [9.17, 15) is 19.1 Å². The van der Waals surface area contributed by atoms with Crippen LogP contribution in [0.25, 0.3) is 0 Å². The molecule has 1 fully saturated rings. The van der Waals surface area contributed by atoms with E-state index < -0.39 is 29.2 Å². The highest BCUT2D eigenvalue weighted by molar-refractivity contribution is 5.68. The molecule has 0 radical (unpaired) electrons. The lowest BCUT2D eigenvalue weighted by Gasteiger charge is -2.43. The molecule has 2 atom stereocenters. The molecule has 8 heteroatoms. The van der Waals surface area contributed by atoms with Gasteiger partial charge in [-0.05, 0) is 64.2 Å². The van der Waals surface area contributed by atoms with Gasteiger partial charge in [0.05, 0.1) is 12.7 Å². The van der Waals surface area contributed by atoms with Crippen molar-refractivity contribution in [1.82, 2.24) is 10.2 Å². The van der Waals surface area contributed by atoms with Crippen LogP contribution < -0.4 is 5.32 Å². The number of amides is 2. The number of hydrogen-bond acceptors (Lipinski definition) is 5. The Balaban J connectivity index is 2.18. The second-order valence-corrected chi connectivity index (χ2v) is 8.72. The van der Waals surface area contributed by atoms with E-state index >= 15 is 0 Å².